The fraction of sp³-hybridized carbons (Fsp3) is 0.364. The molecule has 168 valence electrons. The number of fused-ring (bicyclic) bond motifs is 1. The summed E-state index contributed by atoms with van der Waals surface area (Å²) in [6.45, 7) is -0.504. The van der Waals surface area contributed by atoms with Crippen LogP contribution in [0.25, 0.3) is 0 Å². The van der Waals surface area contributed by atoms with Crippen LogP contribution in [0.1, 0.15) is 53.3 Å². The monoisotopic (exact) mass is 474 g/mol. The summed E-state index contributed by atoms with van der Waals surface area (Å²) < 4.78 is 5.08. The van der Waals surface area contributed by atoms with E-state index in [1.807, 2.05) is 0 Å². The standard InChI is InChI=1S/C22H23ClN4O4S/c23-14-8-6-13(7-9-14)17(26-22(25)30)10-20(29)31-12-19(28)27-21-16(11-24)15-4-2-1-3-5-18(15)32-21/h6-9,17H,1-5,10,12H2,(H,27,28)(H3,25,26,30). The van der Waals surface area contributed by atoms with Crippen LogP contribution < -0.4 is 16.4 Å². The Hall–Kier alpha value is -3.09. The third-order valence-corrected chi connectivity index (χ3v) is 6.57. The Bertz CT molecular complexity index is 1050. The molecule has 1 aromatic carbocycles. The van der Waals surface area contributed by atoms with E-state index in [2.05, 4.69) is 16.7 Å². The van der Waals surface area contributed by atoms with Gasteiger partial charge in [0.1, 0.15) is 11.1 Å². The Balaban J connectivity index is 1.58. The van der Waals surface area contributed by atoms with Crippen LogP contribution in [0.4, 0.5) is 9.80 Å². The van der Waals surface area contributed by atoms with E-state index in [1.165, 1.54) is 11.3 Å². The minimum absolute atomic E-state index is 0.214. The van der Waals surface area contributed by atoms with E-state index in [4.69, 9.17) is 22.1 Å². The number of ether oxygens (including phenoxy) is 1. The van der Waals surface area contributed by atoms with Gasteiger partial charge in [-0.1, -0.05) is 30.2 Å². The Labute approximate surface area is 194 Å². The van der Waals surface area contributed by atoms with Gasteiger partial charge in [0, 0.05) is 9.90 Å². The number of hydrogen-bond donors (Lipinski definition) is 3. The molecular weight excluding hydrogens is 452 g/mol. The topological polar surface area (TPSA) is 134 Å². The molecule has 10 heteroatoms. The second-order valence-corrected chi connectivity index (χ2v) is 8.95. The quantitative estimate of drug-likeness (QED) is 0.414. The number of anilines is 1. The van der Waals surface area contributed by atoms with Crippen molar-refractivity contribution in [1.82, 2.24) is 5.32 Å². The lowest BCUT2D eigenvalue weighted by Crippen LogP contribution is -2.35. The van der Waals surface area contributed by atoms with Gasteiger partial charge in [0.2, 0.25) is 0 Å². The van der Waals surface area contributed by atoms with Crippen LogP contribution in [-0.2, 0) is 27.2 Å². The smallest absolute Gasteiger partial charge is 0.312 e. The molecule has 1 aromatic heterocycles. The maximum atomic E-state index is 12.3. The molecule has 1 aliphatic rings. The van der Waals surface area contributed by atoms with E-state index < -0.39 is 30.6 Å². The van der Waals surface area contributed by atoms with Crippen molar-refractivity contribution in [3.63, 3.8) is 0 Å². The Morgan fingerprint density at radius 3 is 2.59 bits per heavy atom. The van der Waals surface area contributed by atoms with E-state index in [9.17, 15) is 19.6 Å². The Morgan fingerprint density at radius 2 is 1.91 bits per heavy atom. The fourth-order valence-corrected chi connectivity index (χ4v) is 4.98. The lowest BCUT2D eigenvalue weighted by Gasteiger charge is -2.17. The van der Waals surface area contributed by atoms with Gasteiger partial charge in [-0.25, -0.2) is 4.79 Å². The highest BCUT2D eigenvalue weighted by Crippen LogP contribution is 2.36. The zero-order chi connectivity index (χ0) is 23.1. The minimum Gasteiger partial charge on any atom is -0.455 e. The number of rotatable bonds is 7. The van der Waals surface area contributed by atoms with Crippen molar-refractivity contribution < 1.29 is 19.1 Å². The van der Waals surface area contributed by atoms with Crippen LogP contribution in [-0.4, -0.2) is 24.5 Å². The molecule has 0 saturated heterocycles. The van der Waals surface area contributed by atoms with Crippen molar-refractivity contribution in [2.75, 3.05) is 11.9 Å². The van der Waals surface area contributed by atoms with Crippen LogP contribution in [0, 0.1) is 11.3 Å². The molecule has 1 atom stereocenters. The van der Waals surface area contributed by atoms with Gasteiger partial charge in [0.05, 0.1) is 18.0 Å². The third-order valence-electron chi connectivity index (χ3n) is 5.11. The van der Waals surface area contributed by atoms with E-state index in [1.54, 1.807) is 24.3 Å². The summed E-state index contributed by atoms with van der Waals surface area (Å²) in [5, 5.41) is 15.7. The lowest BCUT2D eigenvalue weighted by molar-refractivity contribution is -0.147. The average Bonchev–Trinajstić information content (AvgIpc) is 2.91. The number of amides is 3. The molecule has 1 unspecified atom stereocenters. The van der Waals surface area contributed by atoms with Gasteiger partial charge in [0.15, 0.2) is 6.61 Å². The van der Waals surface area contributed by atoms with Crippen molar-refractivity contribution in [3.05, 3.63) is 50.9 Å². The van der Waals surface area contributed by atoms with Gasteiger partial charge in [-0.15, -0.1) is 11.3 Å². The molecule has 0 saturated carbocycles. The number of thiophene rings is 1. The number of esters is 1. The second-order valence-electron chi connectivity index (χ2n) is 7.41. The van der Waals surface area contributed by atoms with Gasteiger partial charge < -0.3 is 21.1 Å². The maximum absolute atomic E-state index is 12.3. The molecule has 1 heterocycles. The highest BCUT2D eigenvalue weighted by atomic mass is 35.5. The molecule has 0 bridgehead atoms. The molecule has 1 aliphatic carbocycles. The number of benzene rings is 1. The van der Waals surface area contributed by atoms with Crippen LogP contribution in [0.2, 0.25) is 5.02 Å². The highest BCUT2D eigenvalue weighted by Gasteiger charge is 2.22. The predicted octanol–water partition coefficient (Wildman–Crippen LogP) is 3.82. The highest BCUT2D eigenvalue weighted by molar-refractivity contribution is 7.16. The first-order chi connectivity index (χ1) is 15.4. The van der Waals surface area contributed by atoms with Crippen LogP contribution >= 0.6 is 22.9 Å². The van der Waals surface area contributed by atoms with Crippen molar-refractivity contribution in [2.45, 2.75) is 44.6 Å². The van der Waals surface area contributed by atoms with E-state index in [0.29, 0.717) is 21.2 Å². The normalized spacial score (nSPS) is 13.8. The van der Waals surface area contributed by atoms with E-state index in [0.717, 1.165) is 42.5 Å². The molecule has 0 spiro atoms. The molecule has 4 N–H and O–H groups in total. The molecule has 0 fully saturated rings. The number of nitrogens with one attached hydrogen (secondary N) is 2. The number of nitrogens with zero attached hydrogens (tertiary/aromatic N) is 1. The van der Waals surface area contributed by atoms with Crippen LogP contribution in [0.15, 0.2) is 24.3 Å². The number of nitrogens with two attached hydrogens (primary N) is 1. The number of hydrogen-bond acceptors (Lipinski definition) is 6. The first kappa shape index (κ1) is 23.6. The summed E-state index contributed by atoms with van der Waals surface area (Å²) in [5.74, 6) is -1.21. The van der Waals surface area contributed by atoms with Crippen molar-refractivity contribution in [3.8, 4) is 6.07 Å². The summed E-state index contributed by atoms with van der Waals surface area (Å²) in [6.07, 6.45) is 4.74. The predicted molar refractivity (Wildman–Crippen MR) is 121 cm³/mol. The third kappa shape index (κ3) is 6.22. The van der Waals surface area contributed by atoms with Gasteiger partial charge >= 0.3 is 12.0 Å². The zero-order valence-electron chi connectivity index (χ0n) is 17.3. The number of aryl methyl sites for hydroxylation is 1. The van der Waals surface area contributed by atoms with E-state index in [-0.39, 0.29) is 6.42 Å². The summed E-state index contributed by atoms with van der Waals surface area (Å²) in [7, 11) is 0. The van der Waals surface area contributed by atoms with E-state index >= 15 is 0 Å². The van der Waals surface area contributed by atoms with Crippen LogP contribution in [0.3, 0.4) is 0 Å². The number of carbonyl (C=O) groups is 3. The average molecular weight is 475 g/mol. The van der Waals surface area contributed by atoms with Gasteiger partial charge in [0.25, 0.3) is 5.91 Å². The minimum atomic E-state index is -0.794. The van der Waals surface area contributed by atoms with Crippen LogP contribution in [0.5, 0.6) is 0 Å². The fourth-order valence-electron chi connectivity index (χ4n) is 3.60. The molecule has 8 nitrogen and oxygen atoms in total. The first-order valence-electron chi connectivity index (χ1n) is 10.2. The number of nitriles is 1. The summed E-state index contributed by atoms with van der Waals surface area (Å²) in [4.78, 5) is 37.1. The molecule has 3 rings (SSSR count). The number of carbonyl (C=O) groups excluding carboxylic acids is 3. The Kier molecular flexibility index (Phi) is 8.09. The summed E-state index contributed by atoms with van der Waals surface area (Å²) >= 11 is 7.29. The molecule has 0 aliphatic heterocycles. The second kappa shape index (κ2) is 11.0. The van der Waals surface area contributed by atoms with Gasteiger partial charge in [-0.05, 0) is 48.9 Å². The lowest BCUT2D eigenvalue weighted by atomic mass is 10.0. The molecule has 2 aromatic rings. The Morgan fingerprint density at radius 1 is 1.19 bits per heavy atom. The molecule has 3 amide bonds. The molecular formula is C22H23ClN4O4S. The first-order valence-corrected chi connectivity index (χ1v) is 11.4. The van der Waals surface area contributed by atoms with Crippen molar-refractivity contribution in [1.29, 1.82) is 5.26 Å². The zero-order valence-corrected chi connectivity index (χ0v) is 18.9. The molecule has 0 radical (unpaired) electrons. The maximum Gasteiger partial charge on any atom is 0.312 e. The van der Waals surface area contributed by atoms with Crippen molar-refractivity contribution in [2.24, 2.45) is 5.73 Å². The summed E-state index contributed by atoms with van der Waals surface area (Å²) in [5.41, 5.74) is 7.34. The van der Waals surface area contributed by atoms with Gasteiger partial charge in [-0.3, -0.25) is 9.59 Å². The summed E-state index contributed by atoms with van der Waals surface area (Å²) in [6, 6.07) is 7.25. The number of urea groups is 1. The van der Waals surface area contributed by atoms with Crippen molar-refractivity contribution >= 4 is 45.8 Å². The molecule has 32 heavy (non-hydrogen) atoms. The van der Waals surface area contributed by atoms with Gasteiger partial charge in [-0.2, -0.15) is 5.26 Å². The number of primary amides is 1. The largest absolute Gasteiger partial charge is 0.455 e. The SMILES string of the molecule is N#Cc1c(NC(=O)COC(=O)CC(NC(N)=O)c2ccc(Cl)cc2)sc2c1CCCCC2. The number of halogens is 1.